The van der Waals surface area contributed by atoms with Crippen LogP contribution in [-0.2, 0) is 28.6 Å². The summed E-state index contributed by atoms with van der Waals surface area (Å²) in [4.78, 5) is 38.1. The van der Waals surface area contributed by atoms with Gasteiger partial charge in [0.2, 0.25) is 0 Å². The van der Waals surface area contributed by atoms with Crippen molar-refractivity contribution in [3.63, 3.8) is 0 Å². The first kappa shape index (κ1) is 64.6. The Morgan fingerprint density at radius 3 is 0.791 bits per heavy atom. The van der Waals surface area contributed by atoms with Crippen LogP contribution >= 0.6 is 0 Å². The van der Waals surface area contributed by atoms with Gasteiger partial charge in [-0.05, 0) is 89.9 Å². The van der Waals surface area contributed by atoms with Crippen molar-refractivity contribution in [2.75, 3.05) is 13.2 Å². The molecule has 0 aliphatic rings. The van der Waals surface area contributed by atoms with Crippen molar-refractivity contribution in [2.45, 2.75) is 322 Å². The van der Waals surface area contributed by atoms with Crippen molar-refractivity contribution in [1.29, 1.82) is 0 Å². The van der Waals surface area contributed by atoms with Crippen LogP contribution in [0.3, 0.4) is 0 Å². The fourth-order valence-corrected chi connectivity index (χ4v) is 8.59. The summed E-state index contributed by atoms with van der Waals surface area (Å²) in [6.07, 6.45) is 67.1. The first-order chi connectivity index (χ1) is 33.0. The van der Waals surface area contributed by atoms with Crippen LogP contribution in [0.15, 0.2) is 36.5 Å². The highest BCUT2D eigenvalue weighted by Gasteiger charge is 2.19. The number of esters is 3. The molecule has 0 heterocycles. The summed E-state index contributed by atoms with van der Waals surface area (Å²) in [5, 5.41) is 0. The van der Waals surface area contributed by atoms with Crippen molar-refractivity contribution in [3.8, 4) is 0 Å². The zero-order valence-electron chi connectivity index (χ0n) is 44.9. The molecule has 0 aromatic heterocycles. The molecule has 0 aliphatic heterocycles. The van der Waals surface area contributed by atoms with Crippen molar-refractivity contribution in [2.24, 2.45) is 0 Å². The summed E-state index contributed by atoms with van der Waals surface area (Å²) in [7, 11) is 0. The number of hydrogen-bond acceptors (Lipinski definition) is 6. The van der Waals surface area contributed by atoms with Crippen LogP contribution in [0.1, 0.15) is 316 Å². The summed E-state index contributed by atoms with van der Waals surface area (Å²) in [6.45, 7) is 6.62. The zero-order valence-corrected chi connectivity index (χ0v) is 44.9. The SMILES string of the molecule is CCCC/C=C\CCCCCCCC(=O)OC[C@@H](COC(=O)CCCCCCCCC/C=C\CCCCCCCC)OC(=O)CCCCCCCCCCCCC/C=C\CCCCCCCC. The topological polar surface area (TPSA) is 78.9 Å². The van der Waals surface area contributed by atoms with Crippen molar-refractivity contribution < 1.29 is 28.6 Å². The Kier molecular flexibility index (Phi) is 54.2. The molecule has 0 aromatic rings. The van der Waals surface area contributed by atoms with Gasteiger partial charge in [-0.15, -0.1) is 0 Å². The fraction of sp³-hybridized carbons (Fsp3) is 0.852. The third-order valence-electron chi connectivity index (χ3n) is 13.1. The Morgan fingerprint density at radius 2 is 0.507 bits per heavy atom. The van der Waals surface area contributed by atoms with Gasteiger partial charge >= 0.3 is 17.9 Å². The Labute approximate surface area is 416 Å². The highest BCUT2D eigenvalue weighted by atomic mass is 16.6. The van der Waals surface area contributed by atoms with Gasteiger partial charge in [0.05, 0.1) is 0 Å². The lowest BCUT2D eigenvalue weighted by atomic mass is 10.0. The fourth-order valence-electron chi connectivity index (χ4n) is 8.59. The Bertz CT molecular complexity index is 1130. The van der Waals surface area contributed by atoms with Gasteiger partial charge in [-0.1, -0.05) is 243 Å². The van der Waals surface area contributed by atoms with Crippen LogP contribution in [0.25, 0.3) is 0 Å². The van der Waals surface area contributed by atoms with E-state index in [1.807, 2.05) is 0 Å². The minimum Gasteiger partial charge on any atom is -0.462 e. The van der Waals surface area contributed by atoms with Crippen LogP contribution < -0.4 is 0 Å². The third-order valence-corrected chi connectivity index (χ3v) is 13.1. The van der Waals surface area contributed by atoms with E-state index >= 15 is 0 Å². The smallest absolute Gasteiger partial charge is 0.306 e. The summed E-state index contributed by atoms with van der Waals surface area (Å²) in [5.74, 6) is -0.874. The van der Waals surface area contributed by atoms with E-state index in [0.717, 1.165) is 64.2 Å². The predicted molar refractivity (Wildman–Crippen MR) is 289 cm³/mol. The lowest BCUT2D eigenvalue weighted by Crippen LogP contribution is -2.30. The van der Waals surface area contributed by atoms with Crippen LogP contribution in [0.5, 0.6) is 0 Å². The van der Waals surface area contributed by atoms with E-state index in [2.05, 4.69) is 57.2 Å². The third kappa shape index (κ3) is 54.4. The molecule has 0 saturated carbocycles. The normalized spacial score (nSPS) is 12.2. The number of unbranched alkanes of at least 4 members (excludes halogenated alkanes) is 37. The number of ether oxygens (including phenoxy) is 3. The molecule has 1 atom stereocenters. The molecule has 0 bridgehead atoms. The maximum atomic E-state index is 12.9. The first-order valence-electron chi connectivity index (χ1n) is 29.5. The standard InChI is InChI=1S/C61H112O6/c1-4-7-10-13-16-19-22-24-26-28-29-30-31-33-35-37-40-43-46-49-52-55-61(64)67-58(56-65-59(62)53-50-47-44-41-38-21-18-15-12-9-6-3)57-66-60(63)54-51-48-45-42-39-36-34-32-27-25-23-20-17-14-11-8-5-2/h15,18,24-27,58H,4-14,16-17,19-23,28-57H2,1-3H3/b18-15-,26-24-,27-25-/t58-/m0/s1. The number of hydrogen-bond donors (Lipinski definition) is 0. The lowest BCUT2D eigenvalue weighted by Gasteiger charge is -2.18. The summed E-state index contributed by atoms with van der Waals surface area (Å²) in [5.41, 5.74) is 0. The zero-order chi connectivity index (χ0) is 48.6. The van der Waals surface area contributed by atoms with Gasteiger partial charge < -0.3 is 14.2 Å². The van der Waals surface area contributed by atoms with E-state index < -0.39 is 6.10 Å². The molecule has 0 N–H and O–H groups in total. The number of carbonyl (C=O) groups excluding carboxylic acids is 3. The average Bonchev–Trinajstić information content (AvgIpc) is 3.33. The highest BCUT2D eigenvalue weighted by molar-refractivity contribution is 5.71. The van der Waals surface area contributed by atoms with Crippen LogP contribution in [0.2, 0.25) is 0 Å². The molecule has 6 heteroatoms. The van der Waals surface area contributed by atoms with Gasteiger partial charge in [0.1, 0.15) is 13.2 Å². The van der Waals surface area contributed by atoms with E-state index in [-0.39, 0.29) is 31.1 Å². The van der Waals surface area contributed by atoms with Gasteiger partial charge in [-0.25, -0.2) is 0 Å². The second-order valence-electron chi connectivity index (χ2n) is 19.9. The van der Waals surface area contributed by atoms with Gasteiger partial charge in [0.15, 0.2) is 6.10 Å². The number of rotatable bonds is 54. The van der Waals surface area contributed by atoms with E-state index in [1.54, 1.807) is 0 Å². The maximum Gasteiger partial charge on any atom is 0.306 e. The number of allylic oxidation sites excluding steroid dienone is 6. The maximum absolute atomic E-state index is 12.9. The summed E-state index contributed by atoms with van der Waals surface area (Å²) in [6, 6.07) is 0. The van der Waals surface area contributed by atoms with E-state index in [4.69, 9.17) is 14.2 Å². The van der Waals surface area contributed by atoms with Crippen molar-refractivity contribution in [3.05, 3.63) is 36.5 Å². The van der Waals surface area contributed by atoms with E-state index in [1.165, 1.54) is 212 Å². The second kappa shape index (κ2) is 56.2. The predicted octanol–water partition coefficient (Wildman–Crippen LogP) is 19.7. The average molecular weight is 942 g/mol. The van der Waals surface area contributed by atoms with Gasteiger partial charge in [-0.3, -0.25) is 14.4 Å². The molecule has 392 valence electrons. The Balaban J connectivity index is 4.29. The molecular weight excluding hydrogens is 829 g/mol. The summed E-state index contributed by atoms with van der Waals surface area (Å²) < 4.78 is 16.9. The molecule has 0 unspecified atom stereocenters. The van der Waals surface area contributed by atoms with Gasteiger partial charge in [0, 0.05) is 19.3 Å². The van der Waals surface area contributed by atoms with Crippen LogP contribution in [0.4, 0.5) is 0 Å². The van der Waals surface area contributed by atoms with Gasteiger partial charge in [-0.2, -0.15) is 0 Å². The van der Waals surface area contributed by atoms with Crippen molar-refractivity contribution in [1.82, 2.24) is 0 Å². The minimum absolute atomic E-state index is 0.0749. The Morgan fingerprint density at radius 1 is 0.284 bits per heavy atom. The molecule has 0 aliphatic carbocycles. The molecule has 0 spiro atoms. The lowest BCUT2D eigenvalue weighted by molar-refractivity contribution is -0.167. The quantitative estimate of drug-likeness (QED) is 0.0262. The Hall–Kier alpha value is -2.37. The van der Waals surface area contributed by atoms with Crippen molar-refractivity contribution >= 4 is 17.9 Å². The van der Waals surface area contributed by atoms with Crippen LogP contribution in [-0.4, -0.2) is 37.2 Å². The number of carbonyl (C=O) groups is 3. The molecule has 67 heavy (non-hydrogen) atoms. The van der Waals surface area contributed by atoms with Crippen LogP contribution in [0, 0.1) is 0 Å². The summed E-state index contributed by atoms with van der Waals surface area (Å²) >= 11 is 0. The molecule has 0 aromatic carbocycles. The molecule has 0 saturated heterocycles. The highest BCUT2D eigenvalue weighted by Crippen LogP contribution is 2.16. The molecular formula is C61H112O6. The molecule has 0 rings (SSSR count). The van der Waals surface area contributed by atoms with E-state index in [9.17, 15) is 14.4 Å². The molecule has 0 fully saturated rings. The van der Waals surface area contributed by atoms with E-state index in [0.29, 0.717) is 19.3 Å². The largest absolute Gasteiger partial charge is 0.462 e. The minimum atomic E-state index is -0.775. The second-order valence-corrected chi connectivity index (χ2v) is 19.9. The molecule has 6 nitrogen and oxygen atoms in total. The monoisotopic (exact) mass is 941 g/mol. The molecule has 0 amide bonds. The van der Waals surface area contributed by atoms with Gasteiger partial charge in [0.25, 0.3) is 0 Å². The first-order valence-corrected chi connectivity index (χ1v) is 29.5. The molecule has 0 radical (unpaired) electrons.